The van der Waals surface area contributed by atoms with E-state index in [4.69, 9.17) is 0 Å². The second-order valence-corrected chi connectivity index (χ2v) is 6.67. The molecule has 126 valence electrons. The smallest absolute Gasteiger partial charge is 0.148 e. The molecule has 0 unspecified atom stereocenters. The molecule has 0 saturated heterocycles. The summed E-state index contributed by atoms with van der Waals surface area (Å²) in [6.45, 7) is 1.85. The first-order valence-corrected chi connectivity index (χ1v) is 8.86. The van der Waals surface area contributed by atoms with Crippen molar-refractivity contribution in [1.29, 1.82) is 0 Å². The van der Waals surface area contributed by atoms with Gasteiger partial charge in [-0.3, -0.25) is 0 Å². The molecule has 0 amide bonds. The second-order valence-electron chi connectivity index (χ2n) is 6.67. The Kier molecular flexibility index (Phi) is 4.15. The summed E-state index contributed by atoms with van der Waals surface area (Å²) in [7, 11) is 1.89. The molecule has 25 heavy (non-hydrogen) atoms. The average molecular weight is 330 g/mol. The molecule has 1 fully saturated rings. The maximum absolute atomic E-state index is 4.54. The molecule has 4 rings (SSSR count). The minimum absolute atomic E-state index is 0.804. The van der Waals surface area contributed by atoms with Crippen LogP contribution in [0.2, 0.25) is 0 Å². The van der Waals surface area contributed by atoms with Crippen molar-refractivity contribution in [2.24, 2.45) is 5.92 Å². The molecule has 3 heterocycles. The van der Waals surface area contributed by atoms with Crippen LogP contribution in [0.15, 0.2) is 36.7 Å². The van der Waals surface area contributed by atoms with Crippen LogP contribution in [0.4, 0.5) is 5.82 Å². The summed E-state index contributed by atoms with van der Waals surface area (Å²) in [4.78, 5) is 4.54. The number of fused-ring (bicyclic) bond motifs is 1. The van der Waals surface area contributed by atoms with E-state index < -0.39 is 0 Å². The van der Waals surface area contributed by atoms with Gasteiger partial charge in [-0.1, -0.05) is 25.2 Å². The quantitative estimate of drug-likeness (QED) is 0.731. The maximum Gasteiger partial charge on any atom is 0.148 e. The van der Waals surface area contributed by atoms with Gasteiger partial charge in [0.15, 0.2) is 0 Å². The van der Waals surface area contributed by atoms with Gasteiger partial charge in [0.05, 0.1) is 5.52 Å². The first kappa shape index (κ1) is 15.7. The van der Waals surface area contributed by atoms with Crippen molar-refractivity contribution in [2.45, 2.75) is 32.6 Å². The zero-order valence-electron chi connectivity index (χ0n) is 14.7. The Morgan fingerprint density at radius 2 is 2.16 bits per heavy atom. The third-order valence-electron chi connectivity index (χ3n) is 5.00. The van der Waals surface area contributed by atoms with E-state index in [1.807, 2.05) is 30.9 Å². The van der Waals surface area contributed by atoms with Crippen molar-refractivity contribution < 1.29 is 0 Å². The highest BCUT2D eigenvalue weighted by molar-refractivity contribution is 5.73. The van der Waals surface area contributed by atoms with E-state index in [1.54, 1.807) is 0 Å². The number of rotatable bonds is 4. The molecular formula is C21H22N4. The molecule has 0 spiro atoms. The fraction of sp³-hybridized carbons (Fsp3) is 0.333. The van der Waals surface area contributed by atoms with Crippen molar-refractivity contribution in [1.82, 2.24) is 14.6 Å². The first-order chi connectivity index (χ1) is 12.3. The summed E-state index contributed by atoms with van der Waals surface area (Å²) in [6.07, 6.45) is 9.18. The van der Waals surface area contributed by atoms with Crippen LogP contribution in [0.3, 0.4) is 0 Å². The van der Waals surface area contributed by atoms with Crippen molar-refractivity contribution in [3.8, 4) is 23.0 Å². The van der Waals surface area contributed by atoms with Gasteiger partial charge in [0, 0.05) is 25.5 Å². The lowest BCUT2D eigenvalue weighted by molar-refractivity contribution is 0.314. The molecule has 0 radical (unpaired) electrons. The molecule has 4 heteroatoms. The van der Waals surface area contributed by atoms with Gasteiger partial charge in [-0.05, 0) is 60.1 Å². The summed E-state index contributed by atoms with van der Waals surface area (Å²) in [5, 5.41) is 7.57. The Bertz CT molecular complexity index is 970. The molecular weight excluding hydrogens is 308 g/mol. The van der Waals surface area contributed by atoms with E-state index >= 15 is 0 Å². The van der Waals surface area contributed by atoms with Crippen LogP contribution in [0.25, 0.3) is 16.6 Å². The fourth-order valence-electron chi connectivity index (χ4n) is 3.40. The van der Waals surface area contributed by atoms with Crippen LogP contribution in [0.5, 0.6) is 0 Å². The van der Waals surface area contributed by atoms with Gasteiger partial charge in [0.2, 0.25) is 0 Å². The first-order valence-electron chi connectivity index (χ1n) is 8.86. The van der Waals surface area contributed by atoms with Crippen LogP contribution in [-0.2, 0) is 6.42 Å². The fourth-order valence-corrected chi connectivity index (χ4v) is 3.40. The molecule has 0 atom stereocenters. The Labute approximate surface area is 148 Å². The molecule has 1 N–H and O–H groups in total. The standard InChI is InChI=1S/C21H22N4/c1-3-5-18-12-20(17(14-23-18)10-15-6-4-7-15)16-8-9-25-19(11-16)13-21(22-2)24-25/h8-9,11-15H,4,6-7,10H2,1-2H3,(H,22,24). The molecule has 1 aliphatic rings. The highest BCUT2D eigenvalue weighted by atomic mass is 15.3. The molecule has 0 aliphatic heterocycles. The van der Waals surface area contributed by atoms with Gasteiger partial charge in [-0.25, -0.2) is 9.50 Å². The van der Waals surface area contributed by atoms with Crippen LogP contribution in [-0.4, -0.2) is 21.6 Å². The molecule has 1 aliphatic carbocycles. The van der Waals surface area contributed by atoms with Crippen LogP contribution < -0.4 is 5.32 Å². The number of hydrogen-bond acceptors (Lipinski definition) is 3. The topological polar surface area (TPSA) is 42.2 Å². The van der Waals surface area contributed by atoms with E-state index in [-0.39, 0.29) is 0 Å². The normalized spacial score (nSPS) is 14.0. The summed E-state index contributed by atoms with van der Waals surface area (Å²) in [5.74, 6) is 7.72. The van der Waals surface area contributed by atoms with Gasteiger partial charge < -0.3 is 5.32 Å². The summed E-state index contributed by atoms with van der Waals surface area (Å²) < 4.78 is 1.90. The van der Waals surface area contributed by atoms with Crippen molar-refractivity contribution in [3.05, 3.63) is 47.9 Å². The number of nitrogens with zero attached hydrogens (tertiary/aromatic N) is 3. The third kappa shape index (κ3) is 3.10. The summed E-state index contributed by atoms with van der Waals surface area (Å²) in [5.41, 5.74) is 5.68. The van der Waals surface area contributed by atoms with Crippen LogP contribution >= 0.6 is 0 Å². The van der Waals surface area contributed by atoms with E-state index in [9.17, 15) is 0 Å². The van der Waals surface area contributed by atoms with Gasteiger partial charge in [-0.2, -0.15) is 5.10 Å². The number of hydrogen-bond donors (Lipinski definition) is 1. The molecule has 0 aromatic carbocycles. The Morgan fingerprint density at radius 1 is 1.28 bits per heavy atom. The Morgan fingerprint density at radius 3 is 2.88 bits per heavy atom. The zero-order valence-corrected chi connectivity index (χ0v) is 14.7. The molecule has 4 nitrogen and oxygen atoms in total. The predicted molar refractivity (Wildman–Crippen MR) is 102 cm³/mol. The number of aromatic nitrogens is 3. The summed E-state index contributed by atoms with van der Waals surface area (Å²) >= 11 is 0. The van der Waals surface area contributed by atoms with E-state index in [2.05, 4.69) is 51.5 Å². The van der Waals surface area contributed by atoms with Crippen LogP contribution in [0.1, 0.15) is 37.4 Å². The molecule has 1 saturated carbocycles. The lowest BCUT2D eigenvalue weighted by Gasteiger charge is -2.26. The van der Waals surface area contributed by atoms with Gasteiger partial charge in [0.25, 0.3) is 0 Å². The van der Waals surface area contributed by atoms with Crippen molar-refractivity contribution >= 4 is 11.3 Å². The number of anilines is 1. The number of nitrogens with one attached hydrogen (secondary N) is 1. The number of pyridine rings is 2. The average Bonchev–Trinajstić information content (AvgIpc) is 3.01. The lowest BCUT2D eigenvalue weighted by atomic mass is 9.80. The summed E-state index contributed by atoms with van der Waals surface area (Å²) in [6, 6.07) is 8.51. The van der Waals surface area contributed by atoms with E-state index in [1.165, 1.54) is 36.0 Å². The monoisotopic (exact) mass is 330 g/mol. The molecule has 3 aromatic heterocycles. The minimum atomic E-state index is 0.804. The third-order valence-corrected chi connectivity index (χ3v) is 5.00. The maximum atomic E-state index is 4.54. The largest absolute Gasteiger partial charge is 0.372 e. The van der Waals surface area contributed by atoms with Crippen molar-refractivity contribution in [3.63, 3.8) is 0 Å². The Hall–Kier alpha value is -2.80. The molecule has 0 bridgehead atoms. The van der Waals surface area contributed by atoms with Crippen molar-refractivity contribution in [2.75, 3.05) is 12.4 Å². The molecule has 3 aromatic rings. The lowest BCUT2D eigenvalue weighted by Crippen LogP contribution is -2.14. The minimum Gasteiger partial charge on any atom is -0.372 e. The highest BCUT2D eigenvalue weighted by Gasteiger charge is 2.20. The highest BCUT2D eigenvalue weighted by Crippen LogP contribution is 2.34. The SMILES string of the molecule is CC#Cc1cc(-c2ccn3nc(NC)cc3c2)c(CC2CCC2)cn1. The van der Waals surface area contributed by atoms with Gasteiger partial charge in [-0.15, -0.1) is 0 Å². The van der Waals surface area contributed by atoms with Gasteiger partial charge in [0.1, 0.15) is 11.5 Å². The van der Waals surface area contributed by atoms with Crippen LogP contribution in [0, 0.1) is 17.8 Å². The zero-order chi connectivity index (χ0) is 17.2. The van der Waals surface area contributed by atoms with Gasteiger partial charge >= 0.3 is 0 Å². The van der Waals surface area contributed by atoms with E-state index in [0.29, 0.717) is 0 Å². The van der Waals surface area contributed by atoms with E-state index in [0.717, 1.165) is 29.4 Å². The predicted octanol–water partition coefficient (Wildman–Crippen LogP) is 4.15. The second kappa shape index (κ2) is 6.60. The Balaban J connectivity index is 1.79.